The van der Waals surface area contributed by atoms with Crippen LogP contribution in [0.25, 0.3) is 0 Å². The largest absolute Gasteiger partial charge is 0.381 e. The first-order valence-electron chi connectivity index (χ1n) is 11.0. The third-order valence-corrected chi connectivity index (χ3v) is 5.55. The zero-order chi connectivity index (χ0) is 18.5. The third-order valence-electron chi connectivity index (χ3n) is 5.55. The summed E-state index contributed by atoms with van der Waals surface area (Å²) < 4.78 is 11.3. The van der Waals surface area contributed by atoms with Crippen LogP contribution in [0, 0.1) is 5.92 Å². The van der Waals surface area contributed by atoms with Gasteiger partial charge in [-0.25, -0.2) is 0 Å². The van der Waals surface area contributed by atoms with Crippen LogP contribution in [0.5, 0.6) is 0 Å². The lowest BCUT2D eigenvalue weighted by Gasteiger charge is -2.24. The van der Waals surface area contributed by atoms with Gasteiger partial charge >= 0.3 is 0 Å². The van der Waals surface area contributed by atoms with Crippen molar-refractivity contribution >= 4 is 5.96 Å². The van der Waals surface area contributed by atoms with Gasteiger partial charge in [0.05, 0.1) is 6.10 Å². The molecule has 1 heterocycles. The van der Waals surface area contributed by atoms with Gasteiger partial charge in [-0.2, -0.15) is 0 Å². The Kier molecular flexibility index (Phi) is 11.1. The van der Waals surface area contributed by atoms with Crippen LogP contribution in [0.1, 0.15) is 78.1 Å². The highest BCUT2D eigenvalue weighted by Crippen LogP contribution is 2.27. The summed E-state index contributed by atoms with van der Waals surface area (Å²) in [7, 11) is 0. The summed E-state index contributed by atoms with van der Waals surface area (Å²) in [4.78, 5) is 4.72. The molecule has 2 rings (SSSR count). The molecule has 0 radical (unpaired) electrons. The zero-order valence-corrected chi connectivity index (χ0v) is 17.1. The van der Waals surface area contributed by atoms with Crippen molar-refractivity contribution < 1.29 is 9.47 Å². The number of nitrogens with one attached hydrogen (secondary N) is 2. The average Bonchev–Trinajstić information content (AvgIpc) is 2.68. The van der Waals surface area contributed by atoms with Crippen LogP contribution in [0.15, 0.2) is 4.99 Å². The fourth-order valence-electron chi connectivity index (χ4n) is 3.94. The van der Waals surface area contributed by atoms with Gasteiger partial charge in [0.15, 0.2) is 5.96 Å². The normalized spacial score (nSPS) is 21.5. The van der Waals surface area contributed by atoms with Gasteiger partial charge in [-0.3, -0.25) is 4.99 Å². The van der Waals surface area contributed by atoms with Gasteiger partial charge in [-0.15, -0.1) is 0 Å². The van der Waals surface area contributed by atoms with E-state index in [9.17, 15) is 0 Å². The van der Waals surface area contributed by atoms with Crippen LogP contribution in [0.2, 0.25) is 0 Å². The maximum atomic E-state index is 5.92. The lowest BCUT2D eigenvalue weighted by Crippen LogP contribution is -2.42. The number of hydrogen-bond donors (Lipinski definition) is 2. The average molecular weight is 368 g/mol. The topological polar surface area (TPSA) is 54.9 Å². The first-order chi connectivity index (χ1) is 12.8. The standard InChI is InChI=1S/C21H41N3O2/c1-3-22-21(23-14-7-15-26-20-12-16-25-17-13-20)24-18(2)10-11-19-8-5-4-6-9-19/h18-20H,3-17H2,1-2H3,(H2,22,23,24). The number of rotatable bonds is 10. The van der Waals surface area contributed by atoms with Crippen molar-refractivity contribution in [2.45, 2.75) is 90.2 Å². The SMILES string of the molecule is CCNC(=NCCCOC1CCOCC1)NC(C)CCC1CCCCC1. The highest BCUT2D eigenvalue weighted by Gasteiger charge is 2.15. The second kappa shape index (κ2) is 13.4. The second-order valence-electron chi connectivity index (χ2n) is 7.92. The fourth-order valence-corrected chi connectivity index (χ4v) is 3.94. The van der Waals surface area contributed by atoms with E-state index in [0.29, 0.717) is 12.1 Å². The van der Waals surface area contributed by atoms with Crippen LogP contribution in [-0.4, -0.2) is 51.0 Å². The molecule has 0 spiro atoms. The maximum absolute atomic E-state index is 5.92. The molecule has 26 heavy (non-hydrogen) atoms. The van der Waals surface area contributed by atoms with E-state index in [1.165, 1.54) is 44.9 Å². The third kappa shape index (κ3) is 9.22. The van der Waals surface area contributed by atoms with E-state index in [1.54, 1.807) is 0 Å². The van der Waals surface area contributed by atoms with Crippen LogP contribution < -0.4 is 10.6 Å². The Bertz CT molecular complexity index is 377. The molecule has 0 aromatic rings. The van der Waals surface area contributed by atoms with Gasteiger partial charge in [-0.05, 0) is 51.9 Å². The van der Waals surface area contributed by atoms with Gasteiger partial charge in [0.25, 0.3) is 0 Å². The van der Waals surface area contributed by atoms with Crippen molar-refractivity contribution in [1.29, 1.82) is 0 Å². The molecule has 152 valence electrons. The molecule has 1 atom stereocenters. The molecule has 1 saturated heterocycles. The Morgan fingerprint density at radius 3 is 2.65 bits per heavy atom. The number of nitrogens with zero attached hydrogens (tertiary/aromatic N) is 1. The molecular formula is C21H41N3O2. The molecule has 1 aliphatic heterocycles. The minimum absolute atomic E-state index is 0.388. The van der Waals surface area contributed by atoms with E-state index in [2.05, 4.69) is 24.5 Å². The summed E-state index contributed by atoms with van der Waals surface area (Å²) in [6.07, 6.45) is 13.2. The number of hydrogen-bond acceptors (Lipinski definition) is 3. The smallest absolute Gasteiger partial charge is 0.191 e. The van der Waals surface area contributed by atoms with Crippen molar-refractivity contribution in [2.24, 2.45) is 10.9 Å². The molecule has 0 amide bonds. The van der Waals surface area contributed by atoms with Crippen LogP contribution in [0.3, 0.4) is 0 Å². The summed E-state index contributed by atoms with van der Waals surface area (Å²) in [5.41, 5.74) is 0. The highest BCUT2D eigenvalue weighted by molar-refractivity contribution is 5.80. The summed E-state index contributed by atoms with van der Waals surface area (Å²) in [6.45, 7) is 8.60. The Morgan fingerprint density at radius 2 is 1.92 bits per heavy atom. The van der Waals surface area contributed by atoms with E-state index in [-0.39, 0.29) is 0 Å². The van der Waals surface area contributed by atoms with Crippen LogP contribution in [-0.2, 0) is 9.47 Å². The molecule has 1 saturated carbocycles. The Balaban J connectivity index is 1.59. The molecular weight excluding hydrogens is 326 g/mol. The summed E-state index contributed by atoms with van der Waals surface area (Å²) in [5, 5.41) is 6.95. The maximum Gasteiger partial charge on any atom is 0.191 e. The van der Waals surface area contributed by atoms with Crippen molar-refractivity contribution in [1.82, 2.24) is 10.6 Å². The monoisotopic (exact) mass is 367 g/mol. The molecule has 5 heteroatoms. The second-order valence-corrected chi connectivity index (χ2v) is 7.92. The van der Waals surface area contributed by atoms with Crippen molar-refractivity contribution in [2.75, 3.05) is 32.9 Å². The lowest BCUT2D eigenvalue weighted by atomic mass is 9.85. The van der Waals surface area contributed by atoms with E-state index in [1.807, 2.05) is 0 Å². The predicted octanol–water partition coefficient (Wildman–Crippen LogP) is 3.88. The number of guanidine groups is 1. The van der Waals surface area contributed by atoms with Crippen LogP contribution in [0.4, 0.5) is 0 Å². The van der Waals surface area contributed by atoms with E-state index < -0.39 is 0 Å². The van der Waals surface area contributed by atoms with Crippen LogP contribution >= 0.6 is 0 Å². The Hall–Kier alpha value is -0.810. The molecule has 0 bridgehead atoms. The summed E-state index contributed by atoms with van der Waals surface area (Å²) in [6, 6.07) is 0.480. The number of ether oxygens (including phenoxy) is 2. The molecule has 0 aromatic carbocycles. The minimum atomic E-state index is 0.388. The van der Waals surface area contributed by atoms with Crippen molar-refractivity contribution in [3.05, 3.63) is 0 Å². The van der Waals surface area contributed by atoms with E-state index in [0.717, 1.165) is 64.1 Å². The molecule has 0 aromatic heterocycles. The lowest BCUT2D eigenvalue weighted by molar-refractivity contribution is -0.0318. The van der Waals surface area contributed by atoms with Gasteiger partial charge in [-0.1, -0.05) is 32.1 Å². The van der Waals surface area contributed by atoms with Gasteiger partial charge < -0.3 is 20.1 Å². The Labute approximate surface area is 160 Å². The molecule has 5 nitrogen and oxygen atoms in total. The van der Waals surface area contributed by atoms with Gasteiger partial charge in [0.1, 0.15) is 0 Å². The van der Waals surface area contributed by atoms with Crippen molar-refractivity contribution in [3.8, 4) is 0 Å². The first kappa shape index (κ1) is 21.5. The predicted molar refractivity (Wildman–Crippen MR) is 109 cm³/mol. The fraction of sp³-hybridized carbons (Fsp3) is 0.952. The molecule has 2 N–H and O–H groups in total. The van der Waals surface area contributed by atoms with Gasteiger partial charge in [0.2, 0.25) is 0 Å². The minimum Gasteiger partial charge on any atom is -0.381 e. The summed E-state index contributed by atoms with van der Waals surface area (Å²) >= 11 is 0. The summed E-state index contributed by atoms with van der Waals surface area (Å²) in [5.74, 6) is 1.91. The Morgan fingerprint density at radius 1 is 1.15 bits per heavy atom. The molecule has 1 aliphatic carbocycles. The molecule has 1 unspecified atom stereocenters. The molecule has 2 fully saturated rings. The van der Waals surface area contributed by atoms with E-state index >= 15 is 0 Å². The van der Waals surface area contributed by atoms with E-state index in [4.69, 9.17) is 14.5 Å². The first-order valence-corrected chi connectivity index (χ1v) is 11.0. The molecule has 2 aliphatic rings. The zero-order valence-electron chi connectivity index (χ0n) is 17.1. The number of aliphatic imine (C=N–C) groups is 1. The van der Waals surface area contributed by atoms with Crippen molar-refractivity contribution in [3.63, 3.8) is 0 Å². The van der Waals surface area contributed by atoms with Gasteiger partial charge in [0, 0.05) is 39.0 Å². The highest BCUT2D eigenvalue weighted by atomic mass is 16.5. The quantitative estimate of drug-likeness (QED) is 0.350.